The van der Waals surface area contributed by atoms with Crippen LogP contribution in [0.1, 0.15) is 12.8 Å². The summed E-state index contributed by atoms with van der Waals surface area (Å²) in [6.45, 7) is 2.43. The Morgan fingerprint density at radius 1 is 0.615 bits per heavy atom. The van der Waals surface area contributed by atoms with E-state index in [0.29, 0.717) is 0 Å². The van der Waals surface area contributed by atoms with Crippen molar-refractivity contribution in [2.24, 2.45) is 0 Å². The molecule has 0 heterocycles. The molecule has 0 atom stereocenters. The molecule has 146 valence electrons. The fraction of sp³-hybridized carbons (Fsp3) is 0.478. The minimum absolute atomic E-state index is 0.658. The van der Waals surface area contributed by atoms with Gasteiger partial charge in [0.25, 0.3) is 0 Å². The molecule has 2 rings (SSSR count). The van der Waals surface area contributed by atoms with Crippen molar-refractivity contribution in [3.63, 3.8) is 0 Å². The van der Waals surface area contributed by atoms with Crippen molar-refractivity contribution in [2.45, 2.75) is 22.6 Å². The van der Waals surface area contributed by atoms with Crippen molar-refractivity contribution in [3.05, 3.63) is 60.7 Å². The second-order valence-electron chi connectivity index (χ2n) is 8.12. The molecule has 0 aliphatic rings. The average Bonchev–Trinajstić information content (AvgIpc) is 2.63. The topological polar surface area (TPSA) is 3.24 Å². The minimum atomic E-state index is -0.658. The smallest absolute Gasteiger partial charge is 0.00144 e. The van der Waals surface area contributed by atoms with E-state index in [1.165, 1.54) is 47.2 Å². The van der Waals surface area contributed by atoms with E-state index in [1.54, 1.807) is 0 Å². The van der Waals surface area contributed by atoms with E-state index in [0.717, 1.165) is 0 Å². The third kappa shape index (κ3) is 6.68. The Morgan fingerprint density at radius 2 is 0.962 bits per heavy atom. The van der Waals surface area contributed by atoms with Gasteiger partial charge in [-0.15, -0.1) is 0 Å². The molecule has 0 aliphatic heterocycles. The first-order chi connectivity index (χ1) is 12.3. The second-order valence-corrected chi connectivity index (χ2v) is 16.0. The van der Waals surface area contributed by atoms with Crippen LogP contribution in [0.15, 0.2) is 70.5 Å². The molecule has 1 nitrogen and oxygen atoms in total. The van der Waals surface area contributed by atoms with Crippen LogP contribution in [0.25, 0.3) is 0 Å². The number of benzene rings is 2. The highest BCUT2D eigenvalue weighted by Gasteiger charge is 2.16. The Balaban J connectivity index is 1.70. The molecule has 0 radical (unpaired) electrons. The van der Waals surface area contributed by atoms with Crippen molar-refractivity contribution >= 4 is 20.1 Å². The lowest BCUT2D eigenvalue weighted by Gasteiger charge is -2.33. The maximum absolute atomic E-state index is 2.53. The first-order valence-corrected chi connectivity index (χ1v) is 14.8. The van der Waals surface area contributed by atoms with Gasteiger partial charge in [0.05, 0.1) is 0 Å². The molecule has 3 heteroatoms. The summed E-state index contributed by atoms with van der Waals surface area (Å²) in [5.74, 6) is 2.64. The maximum Gasteiger partial charge on any atom is -0.00144 e. The zero-order chi connectivity index (χ0) is 19.0. The average molecular weight is 392 g/mol. The zero-order valence-corrected chi connectivity index (χ0v) is 18.9. The Labute approximate surface area is 164 Å². The summed E-state index contributed by atoms with van der Waals surface area (Å²) in [6.07, 6.45) is 12.4. The Hall–Kier alpha value is -0.900. The van der Waals surface area contributed by atoms with E-state index in [1.807, 2.05) is 0 Å². The molecule has 0 fully saturated rings. The van der Waals surface area contributed by atoms with Crippen LogP contribution in [0, 0.1) is 0 Å². The van der Waals surface area contributed by atoms with E-state index >= 15 is 0 Å². The first kappa shape index (κ1) is 21.4. The van der Waals surface area contributed by atoms with Gasteiger partial charge in [0, 0.05) is 0 Å². The van der Waals surface area contributed by atoms with Gasteiger partial charge in [-0.1, -0.05) is 60.7 Å². The largest absolute Gasteiger partial charge is 0.306 e. The quantitative estimate of drug-likeness (QED) is 0.484. The van der Waals surface area contributed by atoms with Crippen molar-refractivity contribution in [1.29, 1.82) is 0 Å². The van der Waals surface area contributed by atoms with Crippen LogP contribution in [0.5, 0.6) is 0 Å². The number of hydrogen-bond donors (Lipinski definition) is 0. The summed E-state index contributed by atoms with van der Waals surface area (Å²) in [7, 11) is 0.971. The highest BCUT2D eigenvalue weighted by Crippen LogP contribution is 2.50. The van der Waals surface area contributed by atoms with Gasteiger partial charge in [-0.3, -0.25) is 0 Å². The van der Waals surface area contributed by atoms with Crippen LogP contribution in [-0.2, 0) is 0 Å². The predicted molar refractivity (Wildman–Crippen MR) is 125 cm³/mol. The van der Waals surface area contributed by atoms with Gasteiger partial charge in [0.15, 0.2) is 0 Å². The molecular weight excluding hydrogens is 354 g/mol. The Kier molecular flexibility index (Phi) is 8.12. The van der Waals surface area contributed by atoms with Gasteiger partial charge in [0.2, 0.25) is 0 Å². The minimum Gasteiger partial charge on any atom is -0.306 e. The number of hydrogen-bond acceptors (Lipinski definition) is 1. The molecule has 0 saturated heterocycles. The molecule has 2 aromatic rings. The lowest BCUT2D eigenvalue weighted by molar-refractivity contribution is 0.337. The summed E-state index contributed by atoms with van der Waals surface area (Å²) < 4.78 is 0. The molecule has 0 unspecified atom stereocenters. The summed E-state index contributed by atoms with van der Waals surface area (Å²) in [6, 6.07) is 22.1. The van der Waals surface area contributed by atoms with Crippen LogP contribution < -0.4 is 0 Å². The molecule has 0 aliphatic carbocycles. The monoisotopic (exact) mass is 391 g/mol. The van der Waals surface area contributed by atoms with Gasteiger partial charge in [-0.2, -0.15) is 0 Å². The van der Waals surface area contributed by atoms with E-state index < -0.39 is 20.1 Å². The Bertz CT molecular complexity index is 580. The van der Waals surface area contributed by atoms with Crippen LogP contribution >= 0.6 is 20.1 Å². The highest BCUT2D eigenvalue weighted by atomic mass is 32.3. The van der Waals surface area contributed by atoms with Crippen molar-refractivity contribution in [3.8, 4) is 0 Å². The molecule has 0 N–H and O–H groups in total. The summed E-state index contributed by atoms with van der Waals surface area (Å²) >= 11 is 0. The number of nitrogens with zero attached hydrogens (tertiary/aromatic N) is 1. The molecule has 26 heavy (non-hydrogen) atoms. The van der Waals surface area contributed by atoms with Crippen LogP contribution in [0.3, 0.4) is 0 Å². The molecule has 0 amide bonds. The maximum atomic E-state index is 2.53. The number of rotatable bonds is 10. The standard InChI is InChI=1S/C23H37NS2/c1-24(18-12-20-25(2,3)22-14-8-6-9-15-22)19-13-21-26(4,5)23-16-10-7-11-17-23/h6-11,14-17H,12-13,18-21H2,1-5H3. The molecule has 0 spiro atoms. The fourth-order valence-corrected chi connectivity index (χ4v) is 7.28. The Morgan fingerprint density at radius 3 is 1.31 bits per heavy atom. The van der Waals surface area contributed by atoms with Crippen molar-refractivity contribution in [1.82, 2.24) is 4.90 Å². The van der Waals surface area contributed by atoms with Gasteiger partial charge >= 0.3 is 0 Å². The lowest BCUT2D eigenvalue weighted by atomic mass is 10.4. The third-order valence-electron chi connectivity index (χ3n) is 5.15. The first-order valence-electron chi connectivity index (χ1n) is 9.52. The molecule has 2 aromatic carbocycles. The van der Waals surface area contributed by atoms with Gasteiger partial charge in [0.1, 0.15) is 0 Å². The van der Waals surface area contributed by atoms with E-state index in [4.69, 9.17) is 0 Å². The van der Waals surface area contributed by atoms with Crippen molar-refractivity contribution < 1.29 is 0 Å². The summed E-state index contributed by atoms with van der Waals surface area (Å²) in [5.41, 5.74) is 0. The fourth-order valence-electron chi connectivity index (χ4n) is 3.32. The van der Waals surface area contributed by atoms with Crippen LogP contribution in [0.2, 0.25) is 0 Å². The van der Waals surface area contributed by atoms with Gasteiger partial charge in [-0.05, 0) is 79.3 Å². The second kappa shape index (κ2) is 9.87. The van der Waals surface area contributed by atoms with E-state index in [2.05, 4.69) is 97.6 Å². The van der Waals surface area contributed by atoms with Gasteiger partial charge < -0.3 is 4.90 Å². The summed E-state index contributed by atoms with van der Waals surface area (Å²) in [5, 5.41) is 0. The zero-order valence-electron chi connectivity index (χ0n) is 17.3. The van der Waals surface area contributed by atoms with Crippen LogP contribution in [-0.4, -0.2) is 61.6 Å². The molecule has 0 aromatic heterocycles. The molecule has 0 saturated carbocycles. The highest BCUT2D eigenvalue weighted by molar-refractivity contribution is 8.33. The molecule has 0 bridgehead atoms. The van der Waals surface area contributed by atoms with E-state index in [9.17, 15) is 0 Å². The molecular formula is C23H37NS2. The predicted octanol–water partition coefficient (Wildman–Crippen LogP) is 5.95. The SMILES string of the molecule is CN(CCCS(C)(C)c1ccccc1)CCCS(C)(C)c1ccccc1. The third-order valence-corrected chi connectivity index (χ3v) is 10.9. The lowest BCUT2D eigenvalue weighted by Crippen LogP contribution is -2.23. The van der Waals surface area contributed by atoms with Crippen LogP contribution in [0.4, 0.5) is 0 Å². The normalized spacial score (nSPS) is 13.8. The summed E-state index contributed by atoms with van der Waals surface area (Å²) in [4.78, 5) is 5.60. The van der Waals surface area contributed by atoms with Gasteiger partial charge in [-0.25, -0.2) is 20.1 Å². The van der Waals surface area contributed by atoms with E-state index in [-0.39, 0.29) is 0 Å². The van der Waals surface area contributed by atoms with Crippen molar-refractivity contribution in [2.75, 3.05) is 56.7 Å².